The zero-order valence-corrected chi connectivity index (χ0v) is 11.6. The van der Waals surface area contributed by atoms with Crippen LogP contribution in [0, 0.1) is 5.82 Å². The summed E-state index contributed by atoms with van der Waals surface area (Å²) in [4.78, 5) is 4.27. The van der Waals surface area contributed by atoms with E-state index in [0.29, 0.717) is 41.7 Å². The zero-order valence-electron chi connectivity index (χ0n) is 11.6. The maximum Gasteiger partial charge on any atom is 0.169 e. The van der Waals surface area contributed by atoms with Crippen LogP contribution in [0.15, 0.2) is 47.5 Å². The molecule has 2 aromatic rings. The van der Waals surface area contributed by atoms with Crippen LogP contribution in [0.4, 0.5) is 4.39 Å². The van der Waals surface area contributed by atoms with Crippen LogP contribution in [0.5, 0.6) is 17.2 Å². The third-order valence-electron chi connectivity index (χ3n) is 3.18. The Morgan fingerprint density at radius 2 is 1.81 bits per heavy atom. The Morgan fingerprint density at radius 3 is 2.52 bits per heavy atom. The van der Waals surface area contributed by atoms with Gasteiger partial charge in [-0.15, -0.1) is 0 Å². The largest absolute Gasteiger partial charge is 0.493 e. The topological polar surface area (TPSA) is 42.9 Å². The van der Waals surface area contributed by atoms with Crippen molar-refractivity contribution in [2.45, 2.75) is 0 Å². The Bertz CT molecular complexity index is 686. The molecule has 0 saturated heterocycles. The second-order valence-corrected chi connectivity index (χ2v) is 4.52. The second-order valence-electron chi connectivity index (χ2n) is 4.52. The van der Waals surface area contributed by atoms with Gasteiger partial charge in [-0.2, -0.15) is 0 Å². The van der Waals surface area contributed by atoms with Crippen LogP contribution in [-0.2, 0) is 0 Å². The fraction of sp³-hybridized carbons (Fsp3) is 0.188. The highest BCUT2D eigenvalue weighted by Crippen LogP contribution is 2.33. The summed E-state index contributed by atoms with van der Waals surface area (Å²) in [5, 5.41) is 3.07. The molecule has 0 unspecified atom stereocenters. The standard InChI is InChI=1S/C16H15FN2O2/c1-20-12-6-2-3-7-13(12)21-14-8-4-5-11(17)15(14)16-18-9-10-19-16/h2-8H,9-10H2,1H3,(H,18,19). The van der Waals surface area contributed by atoms with E-state index in [-0.39, 0.29) is 5.82 Å². The number of rotatable bonds is 4. The molecule has 2 aromatic carbocycles. The monoisotopic (exact) mass is 286 g/mol. The predicted molar refractivity (Wildman–Crippen MR) is 78.9 cm³/mol. The van der Waals surface area contributed by atoms with E-state index < -0.39 is 0 Å². The molecular formula is C16H15FN2O2. The van der Waals surface area contributed by atoms with Crippen LogP contribution in [-0.4, -0.2) is 26.0 Å². The molecule has 21 heavy (non-hydrogen) atoms. The van der Waals surface area contributed by atoms with E-state index in [1.165, 1.54) is 6.07 Å². The first-order chi connectivity index (χ1) is 10.3. The summed E-state index contributed by atoms with van der Waals surface area (Å²) in [7, 11) is 1.57. The van der Waals surface area contributed by atoms with Gasteiger partial charge in [0.15, 0.2) is 11.5 Å². The highest BCUT2D eigenvalue weighted by atomic mass is 19.1. The molecule has 0 saturated carbocycles. The van der Waals surface area contributed by atoms with Crippen molar-refractivity contribution in [3.8, 4) is 17.2 Å². The van der Waals surface area contributed by atoms with Gasteiger partial charge in [0.25, 0.3) is 0 Å². The number of hydrogen-bond donors (Lipinski definition) is 1. The normalized spacial score (nSPS) is 13.5. The van der Waals surface area contributed by atoms with Gasteiger partial charge < -0.3 is 14.8 Å². The van der Waals surface area contributed by atoms with Crippen LogP contribution in [0.2, 0.25) is 0 Å². The van der Waals surface area contributed by atoms with Crippen molar-refractivity contribution in [3.05, 3.63) is 53.8 Å². The van der Waals surface area contributed by atoms with Crippen molar-refractivity contribution in [3.63, 3.8) is 0 Å². The van der Waals surface area contributed by atoms with Gasteiger partial charge in [-0.25, -0.2) is 4.39 Å². The van der Waals surface area contributed by atoms with E-state index in [9.17, 15) is 4.39 Å². The number of methoxy groups -OCH3 is 1. The highest BCUT2D eigenvalue weighted by molar-refractivity contribution is 6.02. The molecule has 4 nitrogen and oxygen atoms in total. The highest BCUT2D eigenvalue weighted by Gasteiger charge is 2.19. The number of para-hydroxylation sites is 2. The minimum atomic E-state index is -0.365. The van der Waals surface area contributed by atoms with Gasteiger partial charge in [0.05, 0.1) is 19.2 Å². The van der Waals surface area contributed by atoms with Crippen molar-refractivity contribution in [1.82, 2.24) is 5.32 Å². The average molecular weight is 286 g/mol. The molecule has 0 bridgehead atoms. The Kier molecular flexibility index (Phi) is 3.73. The summed E-state index contributed by atoms with van der Waals surface area (Å²) in [5.74, 6) is 1.70. The van der Waals surface area contributed by atoms with E-state index in [0.717, 1.165) is 0 Å². The van der Waals surface area contributed by atoms with Crippen molar-refractivity contribution in [1.29, 1.82) is 0 Å². The van der Waals surface area contributed by atoms with E-state index in [4.69, 9.17) is 9.47 Å². The van der Waals surface area contributed by atoms with Crippen molar-refractivity contribution in [2.24, 2.45) is 4.99 Å². The zero-order chi connectivity index (χ0) is 14.7. The van der Waals surface area contributed by atoms with Crippen molar-refractivity contribution in [2.75, 3.05) is 20.2 Å². The molecule has 3 rings (SSSR count). The molecule has 0 fully saturated rings. The molecule has 1 N–H and O–H groups in total. The van der Waals surface area contributed by atoms with E-state index in [2.05, 4.69) is 10.3 Å². The maximum absolute atomic E-state index is 14.2. The lowest BCUT2D eigenvalue weighted by atomic mass is 10.1. The Morgan fingerprint density at radius 1 is 1.05 bits per heavy atom. The van der Waals surface area contributed by atoms with Gasteiger partial charge in [-0.3, -0.25) is 4.99 Å². The number of benzene rings is 2. The molecule has 0 aliphatic carbocycles. The molecule has 0 aromatic heterocycles. The first kappa shape index (κ1) is 13.4. The lowest BCUT2D eigenvalue weighted by molar-refractivity contribution is 0.378. The second kappa shape index (κ2) is 5.83. The lowest BCUT2D eigenvalue weighted by Gasteiger charge is -2.14. The van der Waals surface area contributed by atoms with Crippen LogP contribution in [0.25, 0.3) is 0 Å². The molecule has 0 atom stereocenters. The summed E-state index contributed by atoms with van der Waals surface area (Å²) in [6.45, 7) is 1.34. The Hall–Kier alpha value is -2.56. The fourth-order valence-corrected chi connectivity index (χ4v) is 2.21. The van der Waals surface area contributed by atoms with Crippen molar-refractivity contribution < 1.29 is 13.9 Å². The predicted octanol–water partition coefficient (Wildman–Crippen LogP) is 2.98. The average Bonchev–Trinajstić information content (AvgIpc) is 3.02. The fourth-order valence-electron chi connectivity index (χ4n) is 2.21. The first-order valence-electron chi connectivity index (χ1n) is 6.67. The molecule has 0 amide bonds. The van der Waals surface area contributed by atoms with Crippen LogP contribution >= 0.6 is 0 Å². The van der Waals surface area contributed by atoms with E-state index >= 15 is 0 Å². The van der Waals surface area contributed by atoms with Crippen LogP contribution in [0.1, 0.15) is 5.56 Å². The van der Waals surface area contributed by atoms with Crippen LogP contribution < -0.4 is 14.8 Å². The van der Waals surface area contributed by atoms with E-state index in [1.807, 2.05) is 12.1 Å². The van der Waals surface area contributed by atoms with Crippen molar-refractivity contribution >= 4 is 5.84 Å². The Balaban J connectivity index is 2.01. The number of hydrogen-bond acceptors (Lipinski definition) is 4. The minimum absolute atomic E-state index is 0.348. The molecule has 0 spiro atoms. The van der Waals surface area contributed by atoms with Gasteiger partial charge >= 0.3 is 0 Å². The maximum atomic E-state index is 14.2. The SMILES string of the molecule is COc1ccccc1Oc1cccc(F)c1C1=NCCN1. The molecule has 1 aliphatic heterocycles. The number of ether oxygens (including phenoxy) is 2. The summed E-state index contributed by atoms with van der Waals surface area (Å²) in [6.07, 6.45) is 0. The third-order valence-corrected chi connectivity index (χ3v) is 3.18. The van der Waals surface area contributed by atoms with Crippen LogP contribution in [0.3, 0.4) is 0 Å². The summed E-state index contributed by atoms with van der Waals surface area (Å²) in [5.41, 5.74) is 0.348. The summed E-state index contributed by atoms with van der Waals surface area (Å²) >= 11 is 0. The quantitative estimate of drug-likeness (QED) is 0.939. The van der Waals surface area contributed by atoms with Gasteiger partial charge in [-0.05, 0) is 24.3 Å². The summed E-state index contributed by atoms with van der Waals surface area (Å²) < 4.78 is 25.2. The molecule has 108 valence electrons. The molecule has 0 radical (unpaired) electrons. The minimum Gasteiger partial charge on any atom is -0.493 e. The number of amidine groups is 1. The molecule has 1 aliphatic rings. The molecular weight excluding hydrogens is 271 g/mol. The third kappa shape index (κ3) is 2.67. The first-order valence-corrected chi connectivity index (χ1v) is 6.67. The number of nitrogens with one attached hydrogen (secondary N) is 1. The number of nitrogens with zero attached hydrogens (tertiary/aromatic N) is 1. The smallest absolute Gasteiger partial charge is 0.169 e. The molecule has 5 heteroatoms. The number of aliphatic imine (C=N–C) groups is 1. The number of halogens is 1. The van der Waals surface area contributed by atoms with Gasteiger partial charge in [0.2, 0.25) is 0 Å². The van der Waals surface area contributed by atoms with Gasteiger partial charge in [0, 0.05) is 6.54 Å². The van der Waals surface area contributed by atoms with Gasteiger partial charge in [0.1, 0.15) is 17.4 Å². The van der Waals surface area contributed by atoms with Gasteiger partial charge in [-0.1, -0.05) is 18.2 Å². The van der Waals surface area contributed by atoms with E-state index in [1.54, 1.807) is 31.4 Å². The lowest BCUT2D eigenvalue weighted by Crippen LogP contribution is -2.21. The summed E-state index contributed by atoms with van der Waals surface area (Å²) in [6, 6.07) is 12.0. The Labute approximate surface area is 122 Å². The molecule has 1 heterocycles.